The molecule has 0 amide bonds. The average molecular weight is 192 g/mol. The summed E-state index contributed by atoms with van der Waals surface area (Å²) in [7, 11) is -0.614. The van der Waals surface area contributed by atoms with Gasteiger partial charge in [-0.25, -0.2) is 0 Å². The number of unbranched alkanes of at least 4 members (excludes halogenated alkanes) is 1. The molecule has 3 nitrogen and oxygen atoms in total. The lowest BCUT2D eigenvalue weighted by molar-refractivity contribution is 0.0877. The quantitative estimate of drug-likeness (QED) is 0.456. The van der Waals surface area contributed by atoms with E-state index in [1.807, 2.05) is 13.5 Å². The van der Waals surface area contributed by atoms with Gasteiger partial charge in [-0.3, -0.25) is 0 Å². The van der Waals surface area contributed by atoms with E-state index in [2.05, 4.69) is 6.92 Å². The van der Waals surface area contributed by atoms with E-state index < -0.39 is 8.80 Å². The van der Waals surface area contributed by atoms with Crippen molar-refractivity contribution in [3.63, 3.8) is 0 Å². The molecule has 0 saturated heterocycles. The third-order valence-corrected chi connectivity index (χ3v) is 3.92. The van der Waals surface area contributed by atoms with Gasteiger partial charge in [0.05, 0.1) is 0 Å². The standard InChI is InChI=1S/C8H20O3Si/c1-5-7-8-11-12(4,9-3)10-6-2/h5-8H2,1-4H3. The van der Waals surface area contributed by atoms with E-state index in [9.17, 15) is 0 Å². The molecule has 0 bridgehead atoms. The summed E-state index contributed by atoms with van der Waals surface area (Å²) in [5.41, 5.74) is 0. The van der Waals surface area contributed by atoms with Crippen molar-refractivity contribution in [2.75, 3.05) is 20.3 Å². The Bertz CT molecular complexity index is 110. The maximum absolute atomic E-state index is 5.55. The van der Waals surface area contributed by atoms with Crippen LogP contribution in [0.25, 0.3) is 0 Å². The highest BCUT2D eigenvalue weighted by Gasteiger charge is 2.32. The zero-order chi connectivity index (χ0) is 9.45. The molecule has 0 radical (unpaired) electrons. The fraction of sp³-hybridized carbons (Fsp3) is 1.00. The van der Waals surface area contributed by atoms with E-state index in [1.54, 1.807) is 7.11 Å². The molecule has 0 heterocycles. The lowest BCUT2D eigenvalue weighted by Gasteiger charge is -2.23. The van der Waals surface area contributed by atoms with Crippen molar-refractivity contribution in [3.05, 3.63) is 0 Å². The van der Waals surface area contributed by atoms with Gasteiger partial charge in [0.25, 0.3) is 0 Å². The van der Waals surface area contributed by atoms with Crippen LogP contribution in [0.2, 0.25) is 6.55 Å². The first-order valence-electron chi connectivity index (χ1n) is 4.51. The summed E-state index contributed by atoms with van der Waals surface area (Å²) >= 11 is 0. The molecule has 0 aliphatic rings. The molecule has 74 valence electrons. The fourth-order valence-electron chi connectivity index (χ4n) is 0.824. The second-order valence-electron chi connectivity index (χ2n) is 2.70. The molecule has 1 unspecified atom stereocenters. The monoisotopic (exact) mass is 192 g/mol. The predicted octanol–water partition coefficient (Wildman–Crippen LogP) is 2.05. The van der Waals surface area contributed by atoms with Gasteiger partial charge in [0, 0.05) is 26.9 Å². The van der Waals surface area contributed by atoms with Crippen LogP contribution in [0.3, 0.4) is 0 Å². The van der Waals surface area contributed by atoms with Gasteiger partial charge in [-0.05, 0) is 13.3 Å². The summed E-state index contributed by atoms with van der Waals surface area (Å²) in [5.74, 6) is 0. The molecule has 0 rings (SSSR count). The fourth-order valence-corrected chi connectivity index (χ4v) is 2.18. The van der Waals surface area contributed by atoms with Gasteiger partial charge in [0.1, 0.15) is 0 Å². The van der Waals surface area contributed by atoms with Crippen LogP contribution in [-0.2, 0) is 13.3 Å². The topological polar surface area (TPSA) is 27.7 Å². The van der Waals surface area contributed by atoms with E-state index in [4.69, 9.17) is 13.3 Å². The third kappa shape index (κ3) is 4.87. The molecule has 0 fully saturated rings. The van der Waals surface area contributed by atoms with Crippen LogP contribution in [0.4, 0.5) is 0 Å². The van der Waals surface area contributed by atoms with E-state index >= 15 is 0 Å². The van der Waals surface area contributed by atoms with Crippen molar-refractivity contribution in [1.29, 1.82) is 0 Å². The van der Waals surface area contributed by atoms with Crippen LogP contribution in [0.15, 0.2) is 0 Å². The third-order valence-electron chi connectivity index (χ3n) is 1.64. The Labute approximate surface area is 76.4 Å². The van der Waals surface area contributed by atoms with Crippen molar-refractivity contribution in [2.24, 2.45) is 0 Å². The average Bonchev–Trinajstić information content (AvgIpc) is 2.06. The lowest BCUT2D eigenvalue weighted by Crippen LogP contribution is -2.41. The molecule has 0 aromatic heterocycles. The summed E-state index contributed by atoms with van der Waals surface area (Å²) in [5, 5.41) is 0. The lowest BCUT2D eigenvalue weighted by atomic mass is 10.4. The van der Waals surface area contributed by atoms with Crippen molar-refractivity contribution >= 4 is 8.80 Å². The van der Waals surface area contributed by atoms with E-state index in [0.717, 1.165) is 19.4 Å². The maximum atomic E-state index is 5.55. The molecular weight excluding hydrogens is 172 g/mol. The zero-order valence-corrected chi connectivity index (χ0v) is 9.55. The Morgan fingerprint density at radius 2 is 1.83 bits per heavy atom. The number of rotatable bonds is 7. The Hall–Kier alpha value is 0.0969. The molecule has 0 saturated carbocycles. The number of hydrogen-bond donors (Lipinski definition) is 0. The Morgan fingerprint density at radius 1 is 1.17 bits per heavy atom. The van der Waals surface area contributed by atoms with Crippen molar-refractivity contribution in [2.45, 2.75) is 33.2 Å². The van der Waals surface area contributed by atoms with Crippen molar-refractivity contribution in [3.8, 4) is 0 Å². The van der Waals surface area contributed by atoms with E-state index in [1.165, 1.54) is 0 Å². The van der Waals surface area contributed by atoms with Gasteiger partial charge < -0.3 is 13.3 Å². The molecule has 0 aromatic carbocycles. The Balaban J connectivity index is 3.63. The second-order valence-corrected chi connectivity index (χ2v) is 5.41. The molecular formula is C8H20O3Si. The van der Waals surface area contributed by atoms with Crippen LogP contribution in [0.1, 0.15) is 26.7 Å². The highest BCUT2D eigenvalue weighted by atomic mass is 28.4. The minimum Gasteiger partial charge on any atom is -0.377 e. The highest BCUT2D eigenvalue weighted by Crippen LogP contribution is 2.08. The molecule has 12 heavy (non-hydrogen) atoms. The SMILES string of the molecule is CCCCO[Si](C)(OC)OCC. The zero-order valence-electron chi connectivity index (χ0n) is 8.55. The predicted molar refractivity (Wildman–Crippen MR) is 51.1 cm³/mol. The minimum absolute atomic E-state index is 0.655. The summed E-state index contributed by atoms with van der Waals surface area (Å²) in [4.78, 5) is 0. The van der Waals surface area contributed by atoms with E-state index in [0.29, 0.717) is 6.61 Å². The van der Waals surface area contributed by atoms with Crippen LogP contribution in [0.5, 0.6) is 0 Å². The highest BCUT2D eigenvalue weighted by molar-refractivity contribution is 6.59. The molecule has 0 aliphatic carbocycles. The summed E-state index contributed by atoms with van der Waals surface area (Å²) in [6.07, 6.45) is 2.21. The first-order valence-corrected chi connectivity index (χ1v) is 6.74. The van der Waals surface area contributed by atoms with Gasteiger partial charge in [-0.15, -0.1) is 0 Å². The maximum Gasteiger partial charge on any atom is 0.497 e. The van der Waals surface area contributed by atoms with Crippen LogP contribution in [-0.4, -0.2) is 29.1 Å². The molecule has 4 heteroatoms. The van der Waals surface area contributed by atoms with Crippen LogP contribution < -0.4 is 0 Å². The van der Waals surface area contributed by atoms with Gasteiger partial charge in [-0.1, -0.05) is 13.3 Å². The summed E-state index contributed by atoms with van der Waals surface area (Å²) < 4.78 is 16.2. The van der Waals surface area contributed by atoms with Crippen LogP contribution in [0, 0.1) is 0 Å². The molecule has 0 aliphatic heterocycles. The normalized spacial score (nSPS) is 16.0. The van der Waals surface area contributed by atoms with Crippen molar-refractivity contribution < 1.29 is 13.3 Å². The summed E-state index contributed by atoms with van der Waals surface area (Å²) in [6, 6.07) is 0. The number of hydrogen-bond acceptors (Lipinski definition) is 3. The Kier molecular flexibility index (Phi) is 6.65. The van der Waals surface area contributed by atoms with Gasteiger partial charge >= 0.3 is 8.80 Å². The smallest absolute Gasteiger partial charge is 0.377 e. The second kappa shape index (κ2) is 6.60. The molecule has 0 aromatic rings. The van der Waals surface area contributed by atoms with E-state index in [-0.39, 0.29) is 0 Å². The first-order chi connectivity index (χ1) is 5.68. The van der Waals surface area contributed by atoms with Gasteiger partial charge in [0.2, 0.25) is 0 Å². The first kappa shape index (κ1) is 12.1. The summed E-state index contributed by atoms with van der Waals surface area (Å²) in [6.45, 7) is 7.41. The largest absolute Gasteiger partial charge is 0.497 e. The van der Waals surface area contributed by atoms with Crippen LogP contribution >= 0.6 is 0 Å². The van der Waals surface area contributed by atoms with Gasteiger partial charge in [-0.2, -0.15) is 0 Å². The molecule has 1 atom stereocenters. The minimum atomic E-state index is -2.26. The molecule has 0 spiro atoms. The Morgan fingerprint density at radius 3 is 2.25 bits per heavy atom. The van der Waals surface area contributed by atoms with Crippen molar-refractivity contribution in [1.82, 2.24) is 0 Å². The van der Waals surface area contributed by atoms with Gasteiger partial charge in [0.15, 0.2) is 0 Å². The molecule has 0 N–H and O–H groups in total.